The molecule has 0 spiro atoms. The summed E-state index contributed by atoms with van der Waals surface area (Å²) in [6.45, 7) is 0. The zero-order valence-electron chi connectivity index (χ0n) is 7.54. The number of benzene rings is 1. The van der Waals surface area contributed by atoms with E-state index in [4.69, 9.17) is 5.11 Å². The molecule has 76 valence electrons. The Kier molecular flexibility index (Phi) is 2.75. The zero-order chi connectivity index (χ0) is 10.8. The molecule has 2 aromatic rings. The highest BCUT2D eigenvalue weighted by Crippen LogP contribution is 2.25. The summed E-state index contributed by atoms with van der Waals surface area (Å²) in [5.41, 5.74) is 0.908. The number of hydrogen-bond acceptors (Lipinski definition) is 4. The van der Waals surface area contributed by atoms with Crippen molar-refractivity contribution in [3.63, 3.8) is 0 Å². The minimum absolute atomic E-state index is 0.250. The molecule has 1 aromatic carbocycles. The average Bonchev–Trinajstić information content (AvgIpc) is 2.68. The Morgan fingerprint density at radius 1 is 1.33 bits per heavy atom. The molecule has 0 unspecified atom stereocenters. The Hall–Kier alpha value is -1.33. The van der Waals surface area contributed by atoms with E-state index in [1.165, 1.54) is 6.20 Å². The zero-order valence-corrected chi connectivity index (χ0v) is 9.26. The van der Waals surface area contributed by atoms with Crippen LogP contribution in [0.4, 0.5) is 0 Å². The standard InChI is InChI=1S/C10H7NO2S2/c12-10(13)8-5-11-9(15-8)6-1-3-7(14)4-2-6/h1-5,14H,(H,12,13). The summed E-state index contributed by atoms with van der Waals surface area (Å²) in [4.78, 5) is 15.8. The summed E-state index contributed by atoms with van der Waals surface area (Å²) in [5.74, 6) is -0.940. The highest BCUT2D eigenvalue weighted by molar-refractivity contribution is 7.80. The Morgan fingerprint density at radius 2 is 2.00 bits per heavy atom. The van der Waals surface area contributed by atoms with Gasteiger partial charge in [0.05, 0.1) is 6.20 Å². The molecule has 15 heavy (non-hydrogen) atoms. The molecule has 1 aromatic heterocycles. The smallest absolute Gasteiger partial charge is 0.347 e. The number of thiol groups is 1. The van der Waals surface area contributed by atoms with E-state index in [1.807, 2.05) is 24.3 Å². The summed E-state index contributed by atoms with van der Waals surface area (Å²) < 4.78 is 0. The van der Waals surface area contributed by atoms with Crippen molar-refractivity contribution < 1.29 is 9.90 Å². The van der Waals surface area contributed by atoms with Crippen molar-refractivity contribution in [1.29, 1.82) is 0 Å². The van der Waals surface area contributed by atoms with Crippen LogP contribution in [0.1, 0.15) is 9.67 Å². The number of carbonyl (C=O) groups is 1. The maximum atomic E-state index is 10.7. The lowest BCUT2D eigenvalue weighted by molar-refractivity contribution is 0.0702. The van der Waals surface area contributed by atoms with Crippen LogP contribution in [0, 0.1) is 0 Å². The van der Waals surface area contributed by atoms with Gasteiger partial charge in [-0.3, -0.25) is 0 Å². The molecule has 0 aliphatic heterocycles. The second kappa shape index (κ2) is 4.04. The van der Waals surface area contributed by atoms with Crippen LogP contribution in [-0.2, 0) is 0 Å². The van der Waals surface area contributed by atoms with Gasteiger partial charge in [-0.1, -0.05) is 12.1 Å². The lowest BCUT2D eigenvalue weighted by atomic mass is 10.2. The van der Waals surface area contributed by atoms with Gasteiger partial charge in [-0.15, -0.1) is 24.0 Å². The molecule has 0 saturated carbocycles. The molecule has 1 heterocycles. The van der Waals surface area contributed by atoms with Crippen LogP contribution in [0.5, 0.6) is 0 Å². The van der Waals surface area contributed by atoms with E-state index in [0.29, 0.717) is 5.01 Å². The summed E-state index contributed by atoms with van der Waals surface area (Å²) in [5, 5.41) is 9.46. The highest BCUT2D eigenvalue weighted by Gasteiger charge is 2.09. The van der Waals surface area contributed by atoms with Gasteiger partial charge in [0.1, 0.15) is 9.88 Å². The average molecular weight is 237 g/mol. The highest BCUT2D eigenvalue weighted by atomic mass is 32.1. The van der Waals surface area contributed by atoms with E-state index in [-0.39, 0.29) is 4.88 Å². The Balaban J connectivity index is 2.37. The largest absolute Gasteiger partial charge is 0.477 e. The van der Waals surface area contributed by atoms with Gasteiger partial charge >= 0.3 is 5.97 Å². The number of rotatable bonds is 2. The second-order valence-electron chi connectivity index (χ2n) is 2.88. The van der Waals surface area contributed by atoms with Gasteiger partial charge in [0.25, 0.3) is 0 Å². The first kappa shape index (κ1) is 10.2. The number of hydrogen-bond donors (Lipinski definition) is 2. The number of nitrogens with zero attached hydrogens (tertiary/aromatic N) is 1. The van der Waals surface area contributed by atoms with Crippen molar-refractivity contribution in [3.05, 3.63) is 35.3 Å². The molecule has 0 saturated heterocycles. The molecule has 5 heteroatoms. The van der Waals surface area contributed by atoms with Crippen LogP contribution in [0.3, 0.4) is 0 Å². The van der Waals surface area contributed by atoms with Crippen molar-refractivity contribution in [3.8, 4) is 10.6 Å². The Morgan fingerprint density at radius 3 is 2.53 bits per heavy atom. The normalized spacial score (nSPS) is 10.2. The fraction of sp³-hybridized carbons (Fsp3) is 0. The van der Waals surface area contributed by atoms with E-state index in [0.717, 1.165) is 21.8 Å². The van der Waals surface area contributed by atoms with Gasteiger partial charge in [-0.25, -0.2) is 9.78 Å². The summed E-state index contributed by atoms with van der Waals surface area (Å²) in [7, 11) is 0. The number of aromatic nitrogens is 1. The monoisotopic (exact) mass is 237 g/mol. The molecule has 0 atom stereocenters. The quantitative estimate of drug-likeness (QED) is 0.790. The molecule has 2 rings (SSSR count). The molecule has 0 amide bonds. The molecule has 0 aliphatic rings. The van der Waals surface area contributed by atoms with Gasteiger partial charge < -0.3 is 5.11 Å². The summed E-state index contributed by atoms with van der Waals surface area (Å²) in [6.07, 6.45) is 1.37. The predicted molar refractivity (Wildman–Crippen MR) is 61.8 cm³/mol. The summed E-state index contributed by atoms with van der Waals surface area (Å²) in [6, 6.07) is 7.43. The van der Waals surface area contributed by atoms with Crippen LogP contribution in [-0.4, -0.2) is 16.1 Å². The first-order chi connectivity index (χ1) is 7.16. The van der Waals surface area contributed by atoms with Crippen LogP contribution >= 0.6 is 24.0 Å². The van der Waals surface area contributed by atoms with Gasteiger partial charge in [0.2, 0.25) is 0 Å². The van der Waals surface area contributed by atoms with Crippen LogP contribution < -0.4 is 0 Å². The second-order valence-corrected chi connectivity index (χ2v) is 4.43. The van der Waals surface area contributed by atoms with Gasteiger partial charge in [-0.2, -0.15) is 0 Å². The third-order valence-electron chi connectivity index (χ3n) is 1.83. The van der Waals surface area contributed by atoms with E-state index in [1.54, 1.807) is 0 Å². The van der Waals surface area contributed by atoms with Crippen molar-refractivity contribution in [2.24, 2.45) is 0 Å². The maximum Gasteiger partial charge on any atom is 0.347 e. The number of carboxylic acids is 1. The third-order valence-corrected chi connectivity index (χ3v) is 3.16. The predicted octanol–water partition coefficient (Wildman–Crippen LogP) is 2.80. The Bertz CT molecular complexity index is 490. The fourth-order valence-electron chi connectivity index (χ4n) is 1.11. The molecule has 0 aliphatic carbocycles. The van der Waals surface area contributed by atoms with E-state index in [2.05, 4.69) is 17.6 Å². The molecule has 3 nitrogen and oxygen atoms in total. The minimum Gasteiger partial charge on any atom is -0.477 e. The minimum atomic E-state index is -0.940. The molecule has 0 fully saturated rings. The number of carboxylic acid groups (broad SMARTS) is 1. The number of thiazole rings is 1. The summed E-state index contributed by atoms with van der Waals surface area (Å²) >= 11 is 5.34. The molecule has 0 bridgehead atoms. The SMILES string of the molecule is O=C(O)c1cnc(-c2ccc(S)cc2)s1. The third kappa shape index (κ3) is 2.19. The van der Waals surface area contributed by atoms with Crippen LogP contribution in [0.2, 0.25) is 0 Å². The van der Waals surface area contributed by atoms with Crippen molar-refractivity contribution in [2.45, 2.75) is 4.90 Å². The maximum absolute atomic E-state index is 10.7. The molecule has 0 radical (unpaired) electrons. The van der Waals surface area contributed by atoms with Crippen molar-refractivity contribution in [1.82, 2.24) is 4.98 Å². The first-order valence-electron chi connectivity index (χ1n) is 4.15. The van der Waals surface area contributed by atoms with E-state index >= 15 is 0 Å². The van der Waals surface area contributed by atoms with E-state index in [9.17, 15) is 4.79 Å². The topological polar surface area (TPSA) is 50.2 Å². The van der Waals surface area contributed by atoms with Crippen LogP contribution in [0.15, 0.2) is 35.4 Å². The Labute approximate surface area is 95.8 Å². The van der Waals surface area contributed by atoms with Gasteiger partial charge in [-0.05, 0) is 12.1 Å². The lowest BCUT2D eigenvalue weighted by Crippen LogP contribution is -1.89. The molecular weight excluding hydrogens is 230 g/mol. The number of aromatic carboxylic acids is 1. The van der Waals surface area contributed by atoms with E-state index < -0.39 is 5.97 Å². The van der Waals surface area contributed by atoms with Gasteiger partial charge in [0.15, 0.2) is 0 Å². The molecule has 1 N–H and O–H groups in total. The first-order valence-corrected chi connectivity index (χ1v) is 5.42. The van der Waals surface area contributed by atoms with Crippen LogP contribution in [0.25, 0.3) is 10.6 Å². The fourth-order valence-corrected chi connectivity index (χ4v) is 2.02. The van der Waals surface area contributed by atoms with Crippen molar-refractivity contribution >= 4 is 29.9 Å². The van der Waals surface area contributed by atoms with Gasteiger partial charge in [0, 0.05) is 10.5 Å². The lowest BCUT2D eigenvalue weighted by Gasteiger charge is -1.95. The van der Waals surface area contributed by atoms with Crippen molar-refractivity contribution in [2.75, 3.05) is 0 Å². The molecular formula is C10H7NO2S2.